The third kappa shape index (κ3) is 3.42. The minimum Gasteiger partial charge on any atom is -0.391 e. The monoisotopic (exact) mass is 334 g/mol. The Morgan fingerprint density at radius 1 is 1.50 bits per heavy atom. The van der Waals surface area contributed by atoms with Crippen LogP contribution in [0, 0.1) is 11.7 Å². The Labute approximate surface area is 139 Å². The van der Waals surface area contributed by atoms with Crippen molar-refractivity contribution in [3.63, 3.8) is 0 Å². The SMILES string of the molecule is CCN(CCc1nc2ccc(F)cc2[nH]1)C(=O)[C@H]1C[C@@H](N)[C@H](O)C1. The van der Waals surface area contributed by atoms with Crippen molar-refractivity contribution in [3.05, 3.63) is 29.8 Å². The van der Waals surface area contributed by atoms with Crippen LogP contribution in [0.25, 0.3) is 11.0 Å². The number of nitrogens with one attached hydrogen (secondary N) is 1. The fraction of sp³-hybridized carbons (Fsp3) is 0.529. The number of hydrogen-bond acceptors (Lipinski definition) is 4. The summed E-state index contributed by atoms with van der Waals surface area (Å²) in [7, 11) is 0. The molecule has 24 heavy (non-hydrogen) atoms. The Balaban J connectivity index is 1.63. The minimum atomic E-state index is -0.595. The van der Waals surface area contributed by atoms with Crippen LogP contribution in [-0.2, 0) is 11.2 Å². The van der Waals surface area contributed by atoms with Gasteiger partial charge in [0.1, 0.15) is 11.6 Å². The number of aromatic nitrogens is 2. The van der Waals surface area contributed by atoms with Crippen molar-refractivity contribution >= 4 is 16.9 Å². The number of nitrogens with zero attached hydrogens (tertiary/aromatic N) is 2. The highest BCUT2D eigenvalue weighted by atomic mass is 19.1. The van der Waals surface area contributed by atoms with Crippen LogP contribution in [0.15, 0.2) is 18.2 Å². The molecular formula is C17H23FN4O2. The number of carbonyl (C=O) groups excluding carboxylic acids is 1. The lowest BCUT2D eigenvalue weighted by molar-refractivity contribution is -0.135. The van der Waals surface area contributed by atoms with Gasteiger partial charge in [0.05, 0.1) is 17.1 Å². The van der Waals surface area contributed by atoms with Crippen molar-refractivity contribution in [2.45, 2.75) is 38.3 Å². The van der Waals surface area contributed by atoms with Gasteiger partial charge in [0, 0.05) is 31.5 Å². The lowest BCUT2D eigenvalue weighted by Gasteiger charge is -2.23. The molecule has 0 aliphatic heterocycles. The molecule has 1 aliphatic rings. The first-order chi connectivity index (χ1) is 11.5. The van der Waals surface area contributed by atoms with Crippen molar-refractivity contribution in [2.24, 2.45) is 11.7 Å². The van der Waals surface area contributed by atoms with Crippen molar-refractivity contribution in [2.75, 3.05) is 13.1 Å². The molecule has 3 atom stereocenters. The van der Waals surface area contributed by atoms with Gasteiger partial charge in [-0.3, -0.25) is 4.79 Å². The highest BCUT2D eigenvalue weighted by Gasteiger charge is 2.36. The summed E-state index contributed by atoms with van der Waals surface area (Å²) in [6.07, 6.45) is 0.931. The predicted molar refractivity (Wildman–Crippen MR) is 88.7 cm³/mol. The standard InChI is InChI=1S/C17H23FN4O2/c1-2-22(17(24)10-7-12(19)15(23)8-10)6-5-16-20-13-4-3-11(18)9-14(13)21-16/h3-4,9-10,12,15,23H,2,5-8,19H2,1H3,(H,20,21)/t10-,12+,15+/m0/s1. The van der Waals surface area contributed by atoms with Gasteiger partial charge in [-0.15, -0.1) is 0 Å². The molecule has 1 heterocycles. The molecule has 0 bridgehead atoms. The van der Waals surface area contributed by atoms with Crippen LogP contribution in [0.2, 0.25) is 0 Å². The van der Waals surface area contributed by atoms with E-state index < -0.39 is 6.10 Å². The highest BCUT2D eigenvalue weighted by molar-refractivity contribution is 5.79. The van der Waals surface area contributed by atoms with E-state index in [9.17, 15) is 14.3 Å². The van der Waals surface area contributed by atoms with E-state index in [2.05, 4.69) is 9.97 Å². The summed E-state index contributed by atoms with van der Waals surface area (Å²) in [6, 6.07) is 4.11. The van der Waals surface area contributed by atoms with E-state index in [1.165, 1.54) is 12.1 Å². The second-order valence-electron chi connectivity index (χ2n) is 6.41. The van der Waals surface area contributed by atoms with E-state index in [-0.39, 0.29) is 23.7 Å². The number of likely N-dealkylation sites (N-methyl/N-ethyl adjacent to an activating group) is 1. The third-order valence-corrected chi connectivity index (χ3v) is 4.73. The van der Waals surface area contributed by atoms with E-state index in [0.29, 0.717) is 43.4 Å². The maximum atomic E-state index is 13.2. The van der Waals surface area contributed by atoms with Gasteiger partial charge < -0.3 is 20.7 Å². The zero-order chi connectivity index (χ0) is 17.3. The lowest BCUT2D eigenvalue weighted by Crippen LogP contribution is -2.37. The maximum absolute atomic E-state index is 13.2. The summed E-state index contributed by atoms with van der Waals surface area (Å²) in [4.78, 5) is 21.9. The summed E-state index contributed by atoms with van der Waals surface area (Å²) >= 11 is 0. The number of benzene rings is 1. The Morgan fingerprint density at radius 2 is 2.29 bits per heavy atom. The molecule has 1 aliphatic carbocycles. The van der Waals surface area contributed by atoms with Crippen LogP contribution in [0.5, 0.6) is 0 Å². The van der Waals surface area contributed by atoms with Crippen molar-refractivity contribution < 1.29 is 14.3 Å². The van der Waals surface area contributed by atoms with Gasteiger partial charge in [-0.05, 0) is 38.0 Å². The zero-order valence-corrected chi connectivity index (χ0v) is 13.7. The Morgan fingerprint density at radius 3 is 2.96 bits per heavy atom. The van der Waals surface area contributed by atoms with Gasteiger partial charge in [0.2, 0.25) is 5.91 Å². The number of carbonyl (C=O) groups is 1. The number of fused-ring (bicyclic) bond motifs is 1. The number of amides is 1. The Bertz CT molecular complexity index is 722. The van der Waals surface area contributed by atoms with Gasteiger partial charge in [-0.2, -0.15) is 0 Å². The molecule has 7 heteroatoms. The van der Waals surface area contributed by atoms with Crippen molar-refractivity contribution in [1.29, 1.82) is 0 Å². The van der Waals surface area contributed by atoms with Gasteiger partial charge in [0.25, 0.3) is 0 Å². The molecule has 1 aromatic heterocycles. The molecule has 1 aromatic carbocycles. The van der Waals surface area contributed by atoms with E-state index in [1.807, 2.05) is 6.92 Å². The first-order valence-corrected chi connectivity index (χ1v) is 8.34. The van der Waals surface area contributed by atoms with E-state index in [0.717, 1.165) is 5.82 Å². The van der Waals surface area contributed by atoms with Crippen molar-refractivity contribution in [1.82, 2.24) is 14.9 Å². The summed E-state index contributed by atoms with van der Waals surface area (Å²) in [6.45, 7) is 3.05. The summed E-state index contributed by atoms with van der Waals surface area (Å²) < 4.78 is 13.2. The molecule has 4 N–H and O–H groups in total. The van der Waals surface area contributed by atoms with Gasteiger partial charge >= 0.3 is 0 Å². The fourth-order valence-electron chi connectivity index (χ4n) is 3.33. The summed E-state index contributed by atoms with van der Waals surface area (Å²) in [5, 5.41) is 9.74. The fourth-order valence-corrected chi connectivity index (χ4v) is 3.33. The van der Waals surface area contributed by atoms with Crippen LogP contribution in [0.3, 0.4) is 0 Å². The number of aliphatic hydroxyl groups excluding tert-OH is 1. The zero-order valence-electron chi connectivity index (χ0n) is 13.7. The number of nitrogens with two attached hydrogens (primary N) is 1. The summed E-state index contributed by atoms with van der Waals surface area (Å²) in [5.74, 6) is 0.246. The molecular weight excluding hydrogens is 311 g/mol. The van der Waals surface area contributed by atoms with Crippen molar-refractivity contribution in [3.8, 4) is 0 Å². The summed E-state index contributed by atoms with van der Waals surface area (Å²) in [5.41, 5.74) is 7.17. The number of aliphatic hydroxyl groups is 1. The van der Waals surface area contributed by atoms with Crippen LogP contribution in [0.1, 0.15) is 25.6 Å². The molecule has 3 rings (SSSR count). The minimum absolute atomic E-state index is 0.0339. The molecule has 0 unspecified atom stereocenters. The molecule has 2 aromatic rings. The molecule has 0 radical (unpaired) electrons. The molecule has 1 saturated carbocycles. The number of hydrogen-bond donors (Lipinski definition) is 3. The molecule has 0 spiro atoms. The highest BCUT2D eigenvalue weighted by Crippen LogP contribution is 2.26. The predicted octanol–water partition coefficient (Wildman–Crippen LogP) is 1.19. The molecule has 6 nitrogen and oxygen atoms in total. The number of H-pyrrole nitrogens is 1. The van der Waals surface area contributed by atoms with Crippen LogP contribution < -0.4 is 5.73 Å². The second kappa shape index (κ2) is 6.86. The largest absolute Gasteiger partial charge is 0.391 e. The quantitative estimate of drug-likeness (QED) is 0.765. The average Bonchev–Trinajstić information content (AvgIpc) is 3.10. The maximum Gasteiger partial charge on any atom is 0.225 e. The molecule has 1 amide bonds. The Kier molecular flexibility index (Phi) is 4.82. The van der Waals surface area contributed by atoms with Crippen LogP contribution in [0.4, 0.5) is 4.39 Å². The number of halogens is 1. The lowest BCUT2D eigenvalue weighted by atomic mass is 10.1. The normalized spacial score (nSPS) is 23.8. The second-order valence-corrected chi connectivity index (χ2v) is 6.41. The number of rotatable bonds is 5. The molecule has 130 valence electrons. The smallest absolute Gasteiger partial charge is 0.225 e. The van der Waals surface area contributed by atoms with Crippen LogP contribution >= 0.6 is 0 Å². The molecule has 1 fully saturated rings. The van der Waals surface area contributed by atoms with Gasteiger partial charge in [-0.1, -0.05) is 0 Å². The molecule has 0 saturated heterocycles. The Hall–Kier alpha value is -1.99. The van der Waals surface area contributed by atoms with Gasteiger partial charge in [-0.25, -0.2) is 9.37 Å². The first kappa shape index (κ1) is 16.9. The van der Waals surface area contributed by atoms with E-state index in [1.54, 1.807) is 11.0 Å². The number of aromatic amines is 1. The van der Waals surface area contributed by atoms with E-state index in [4.69, 9.17) is 5.73 Å². The first-order valence-electron chi connectivity index (χ1n) is 8.34. The van der Waals surface area contributed by atoms with E-state index >= 15 is 0 Å². The topological polar surface area (TPSA) is 95.2 Å². The number of imidazole rings is 1. The average molecular weight is 334 g/mol. The third-order valence-electron chi connectivity index (χ3n) is 4.73. The van der Waals surface area contributed by atoms with Gasteiger partial charge in [0.15, 0.2) is 0 Å². The van der Waals surface area contributed by atoms with Crippen LogP contribution in [-0.4, -0.2) is 51.1 Å².